The zero-order valence-electron chi connectivity index (χ0n) is 14.3. The molecule has 0 aliphatic rings. The molecular weight excluding hydrogens is 352 g/mol. The van der Waals surface area contributed by atoms with Crippen LogP contribution in [0.1, 0.15) is 0 Å². The molecule has 0 amide bonds. The van der Waals surface area contributed by atoms with Crippen LogP contribution in [0.5, 0.6) is 11.5 Å². The summed E-state index contributed by atoms with van der Waals surface area (Å²) in [6.07, 6.45) is 1.69. The zero-order valence-corrected chi connectivity index (χ0v) is 15.2. The minimum atomic E-state index is -2.75. The number of hydrogen-bond donors (Lipinski definition) is 1. The largest absolute Gasteiger partial charge is 0.457 e. The van der Waals surface area contributed by atoms with Crippen molar-refractivity contribution in [3.63, 3.8) is 0 Å². The van der Waals surface area contributed by atoms with Crippen molar-refractivity contribution in [3.8, 4) is 22.6 Å². The van der Waals surface area contributed by atoms with E-state index in [0.717, 1.165) is 9.87 Å². The molecule has 26 heavy (non-hydrogen) atoms. The lowest BCUT2D eigenvalue weighted by Gasteiger charge is -2.17. The summed E-state index contributed by atoms with van der Waals surface area (Å²) >= 11 is 0. The van der Waals surface area contributed by atoms with Crippen molar-refractivity contribution < 1.29 is 13.2 Å². The molecule has 0 bridgehead atoms. The van der Waals surface area contributed by atoms with Gasteiger partial charge < -0.3 is 9.30 Å². The van der Waals surface area contributed by atoms with E-state index < -0.39 is 10.9 Å². The molecule has 0 atom stereocenters. The van der Waals surface area contributed by atoms with Crippen LogP contribution in [-0.2, 0) is 17.9 Å². The van der Waals surface area contributed by atoms with Crippen molar-refractivity contribution in [2.24, 2.45) is 7.05 Å². The Morgan fingerprint density at radius 2 is 1.73 bits per heavy atom. The number of anilines is 1. The molecule has 7 heteroatoms. The second kappa shape index (κ2) is 7.45. The van der Waals surface area contributed by atoms with E-state index >= 15 is 0 Å². The molecule has 0 aliphatic heterocycles. The highest BCUT2D eigenvalue weighted by molar-refractivity contribution is 7.74. The second-order valence-electron chi connectivity index (χ2n) is 5.72. The number of para-hydroxylation sites is 1. The van der Waals surface area contributed by atoms with Gasteiger partial charge in [-0.1, -0.05) is 18.2 Å². The van der Waals surface area contributed by atoms with Crippen LogP contribution < -0.4 is 14.6 Å². The smallest absolute Gasteiger partial charge is 0.250 e. The minimum absolute atomic E-state index is 0.129. The Morgan fingerprint density at radius 1 is 1.00 bits per heavy atom. The molecule has 134 valence electrons. The topological polar surface area (TPSA) is 68.6 Å². The summed E-state index contributed by atoms with van der Waals surface area (Å²) in [5.41, 5.74) is 1.81. The summed E-state index contributed by atoms with van der Waals surface area (Å²) in [7, 11) is 0.385. The van der Waals surface area contributed by atoms with Crippen molar-refractivity contribution in [1.82, 2.24) is 4.57 Å². The van der Waals surface area contributed by atoms with Crippen molar-refractivity contribution >= 4 is 16.6 Å². The zero-order chi connectivity index (χ0) is 18.7. The number of ether oxygens (including phenoxy) is 1. The van der Waals surface area contributed by atoms with Crippen molar-refractivity contribution in [2.45, 2.75) is 0 Å². The van der Waals surface area contributed by atoms with Gasteiger partial charge in [0.05, 0.1) is 5.69 Å². The number of thiol groups is 1. The molecule has 0 spiro atoms. The molecule has 2 aromatic carbocycles. The standard InChI is InChI=1S/C19H18N2O4S/c1-20-13-14(8-11-19(20)22)17-12-15(21(2)26(23)24)9-10-18(17)25-16-6-4-3-5-7-16/h3-13,26H,1-2H3. The van der Waals surface area contributed by atoms with Crippen molar-refractivity contribution in [3.05, 3.63) is 77.2 Å². The molecule has 1 aromatic heterocycles. The number of aryl methyl sites for hydroxylation is 1. The third kappa shape index (κ3) is 3.78. The van der Waals surface area contributed by atoms with Gasteiger partial charge in [-0.3, -0.25) is 9.10 Å². The van der Waals surface area contributed by atoms with Crippen LogP contribution in [-0.4, -0.2) is 20.0 Å². The SMILES string of the molecule is CN(c1ccc(Oc2ccccc2)c(-c2ccc(=O)n(C)c2)c1)[SH](=O)=O. The van der Waals surface area contributed by atoms with Crippen LogP contribution in [0.4, 0.5) is 5.69 Å². The van der Waals surface area contributed by atoms with Crippen molar-refractivity contribution in [2.75, 3.05) is 11.4 Å². The quantitative estimate of drug-likeness (QED) is 0.701. The van der Waals surface area contributed by atoms with Gasteiger partial charge in [0.15, 0.2) is 0 Å². The Morgan fingerprint density at radius 3 is 2.38 bits per heavy atom. The predicted molar refractivity (Wildman–Crippen MR) is 102 cm³/mol. The molecule has 6 nitrogen and oxygen atoms in total. The van der Waals surface area contributed by atoms with Crippen LogP contribution in [0.3, 0.4) is 0 Å². The first kappa shape index (κ1) is 17.8. The Kier molecular flexibility index (Phi) is 5.09. The van der Waals surface area contributed by atoms with E-state index in [1.165, 1.54) is 17.7 Å². The summed E-state index contributed by atoms with van der Waals surface area (Å²) in [6, 6.07) is 17.6. The van der Waals surface area contributed by atoms with Crippen molar-refractivity contribution in [1.29, 1.82) is 0 Å². The normalized spacial score (nSPS) is 10.7. The van der Waals surface area contributed by atoms with Gasteiger partial charge in [-0.2, -0.15) is 0 Å². The lowest BCUT2D eigenvalue weighted by atomic mass is 10.1. The third-order valence-electron chi connectivity index (χ3n) is 3.95. The van der Waals surface area contributed by atoms with E-state index in [1.807, 2.05) is 30.3 Å². The maximum absolute atomic E-state index is 11.7. The first-order chi connectivity index (χ1) is 12.5. The van der Waals surface area contributed by atoms with E-state index in [2.05, 4.69) is 0 Å². The van der Waals surface area contributed by atoms with Gasteiger partial charge in [0.25, 0.3) is 0 Å². The molecule has 1 heterocycles. The molecule has 0 radical (unpaired) electrons. The van der Waals surface area contributed by atoms with Crippen LogP contribution in [0.2, 0.25) is 0 Å². The Balaban J connectivity index is 2.13. The molecule has 0 unspecified atom stereocenters. The first-order valence-electron chi connectivity index (χ1n) is 7.88. The third-order valence-corrected chi connectivity index (χ3v) is 4.67. The van der Waals surface area contributed by atoms with E-state index in [9.17, 15) is 13.2 Å². The monoisotopic (exact) mass is 370 g/mol. The summed E-state index contributed by atoms with van der Waals surface area (Å²) < 4.78 is 31.2. The average Bonchev–Trinajstić information content (AvgIpc) is 2.64. The lowest BCUT2D eigenvalue weighted by molar-refractivity contribution is 0.484. The molecule has 0 saturated heterocycles. The highest BCUT2D eigenvalue weighted by atomic mass is 32.2. The first-order valence-corrected chi connectivity index (χ1v) is 9.01. The van der Waals surface area contributed by atoms with Gasteiger partial charge in [-0.25, -0.2) is 8.42 Å². The van der Waals surface area contributed by atoms with Crippen LogP contribution in [0, 0.1) is 0 Å². The average molecular weight is 370 g/mol. The van der Waals surface area contributed by atoms with Crippen LogP contribution >= 0.6 is 0 Å². The van der Waals surface area contributed by atoms with E-state index in [4.69, 9.17) is 4.74 Å². The van der Waals surface area contributed by atoms with E-state index in [0.29, 0.717) is 22.7 Å². The van der Waals surface area contributed by atoms with Gasteiger partial charge in [-0.05, 0) is 36.4 Å². The summed E-state index contributed by atoms with van der Waals surface area (Å²) in [5, 5.41) is 0. The highest BCUT2D eigenvalue weighted by Crippen LogP contribution is 2.36. The molecule has 3 rings (SSSR count). The number of rotatable bonds is 5. The van der Waals surface area contributed by atoms with E-state index in [-0.39, 0.29) is 5.56 Å². The maximum Gasteiger partial charge on any atom is 0.250 e. The summed E-state index contributed by atoms with van der Waals surface area (Å²) in [6.45, 7) is 0. The molecule has 0 saturated carbocycles. The number of aromatic nitrogens is 1. The van der Waals surface area contributed by atoms with Gasteiger partial charge in [0.2, 0.25) is 16.4 Å². The predicted octanol–water partition coefficient (Wildman–Crippen LogP) is 2.81. The molecular formula is C19H18N2O4S. The summed E-state index contributed by atoms with van der Waals surface area (Å²) in [4.78, 5) is 11.7. The van der Waals surface area contributed by atoms with Crippen LogP contribution in [0.15, 0.2) is 71.7 Å². The fourth-order valence-electron chi connectivity index (χ4n) is 2.50. The summed E-state index contributed by atoms with van der Waals surface area (Å²) in [5.74, 6) is 1.22. The fourth-order valence-corrected chi connectivity index (χ4v) is 2.81. The number of nitrogens with zero attached hydrogens (tertiary/aromatic N) is 2. The Bertz CT molecular complexity index is 1050. The highest BCUT2D eigenvalue weighted by Gasteiger charge is 2.12. The maximum atomic E-state index is 11.7. The van der Waals surface area contributed by atoms with E-state index in [1.54, 1.807) is 37.5 Å². The molecule has 3 aromatic rings. The Labute approximate surface area is 153 Å². The number of hydrogen-bond acceptors (Lipinski definition) is 4. The van der Waals surface area contributed by atoms with Gasteiger partial charge >= 0.3 is 0 Å². The van der Waals surface area contributed by atoms with Gasteiger partial charge in [-0.15, -0.1) is 0 Å². The molecule has 0 N–H and O–H groups in total. The second-order valence-corrected chi connectivity index (χ2v) is 6.80. The Hall–Kier alpha value is -3.06. The molecule has 0 fully saturated rings. The number of benzene rings is 2. The van der Waals surface area contributed by atoms with Gasteiger partial charge in [0, 0.05) is 37.5 Å². The lowest BCUT2D eigenvalue weighted by Crippen LogP contribution is -2.15. The fraction of sp³-hybridized carbons (Fsp3) is 0.105. The molecule has 0 aliphatic carbocycles. The minimum Gasteiger partial charge on any atom is -0.457 e. The van der Waals surface area contributed by atoms with Gasteiger partial charge in [0.1, 0.15) is 11.5 Å². The number of pyridine rings is 1. The van der Waals surface area contributed by atoms with Crippen LogP contribution in [0.25, 0.3) is 11.1 Å².